The molecule has 0 bridgehead atoms. The number of nitrogens with zero attached hydrogens (tertiary/aromatic N) is 1. The highest BCUT2D eigenvalue weighted by Gasteiger charge is 2.35. The molecule has 0 amide bonds. The van der Waals surface area contributed by atoms with Crippen LogP contribution in [0.4, 0.5) is 0 Å². The van der Waals surface area contributed by atoms with Crippen LogP contribution in [0, 0.1) is 5.92 Å². The van der Waals surface area contributed by atoms with Gasteiger partial charge in [-0.1, -0.05) is 13.5 Å². The quantitative estimate of drug-likeness (QED) is 0.658. The summed E-state index contributed by atoms with van der Waals surface area (Å²) >= 11 is 0. The van der Waals surface area contributed by atoms with Gasteiger partial charge in [0.25, 0.3) is 5.56 Å². The first-order valence-electron chi connectivity index (χ1n) is 5.18. The van der Waals surface area contributed by atoms with E-state index in [4.69, 9.17) is 0 Å². The minimum absolute atomic E-state index is 0.0731. The van der Waals surface area contributed by atoms with Gasteiger partial charge >= 0.3 is 5.69 Å². The van der Waals surface area contributed by atoms with Crippen LogP contribution in [0.25, 0.3) is 0 Å². The van der Waals surface area contributed by atoms with Gasteiger partial charge in [-0.3, -0.25) is 14.3 Å². The highest BCUT2D eigenvalue weighted by Crippen LogP contribution is 2.37. The Labute approximate surface area is 92.1 Å². The van der Waals surface area contributed by atoms with Crippen LogP contribution in [0.1, 0.15) is 19.4 Å². The zero-order chi connectivity index (χ0) is 11.9. The summed E-state index contributed by atoms with van der Waals surface area (Å²) in [6.07, 6.45) is 1.45. The number of aromatic nitrogens is 2. The van der Waals surface area contributed by atoms with Crippen molar-refractivity contribution in [2.45, 2.75) is 25.5 Å². The van der Waals surface area contributed by atoms with Gasteiger partial charge in [0.1, 0.15) is 0 Å². The molecule has 3 atom stereocenters. The van der Waals surface area contributed by atoms with E-state index in [-0.39, 0.29) is 12.0 Å². The number of aromatic amines is 1. The van der Waals surface area contributed by atoms with Gasteiger partial charge in [0.05, 0.1) is 6.10 Å². The predicted molar refractivity (Wildman–Crippen MR) is 59.3 cm³/mol. The van der Waals surface area contributed by atoms with Crippen LogP contribution in [0.3, 0.4) is 0 Å². The van der Waals surface area contributed by atoms with Crippen LogP contribution in [0.2, 0.25) is 0 Å². The Morgan fingerprint density at radius 1 is 1.56 bits per heavy atom. The average molecular weight is 222 g/mol. The van der Waals surface area contributed by atoms with Crippen LogP contribution in [0.5, 0.6) is 0 Å². The van der Waals surface area contributed by atoms with Crippen LogP contribution in [-0.2, 0) is 0 Å². The van der Waals surface area contributed by atoms with E-state index in [9.17, 15) is 14.7 Å². The molecule has 0 spiro atoms. The Morgan fingerprint density at radius 3 is 2.75 bits per heavy atom. The summed E-state index contributed by atoms with van der Waals surface area (Å²) in [5, 5.41) is 9.76. The largest absolute Gasteiger partial charge is 0.388 e. The van der Waals surface area contributed by atoms with E-state index in [0.717, 1.165) is 5.57 Å². The first kappa shape index (κ1) is 10.9. The number of aliphatic hydroxyl groups is 1. The average Bonchev–Trinajstić information content (AvgIpc) is 2.46. The molecule has 0 radical (unpaired) electrons. The molecule has 5 nitrogen and oxygen atoms in total. The maximum Gasteiger partial charge on any atom is 0.328 e. The fraction of sp³-hybridized carbons (Fsp3) is 0.455. The van der Waals surface area contributed by atoms with E-state index >= 15 is 0 Å². The Kier molecular flexibility index (Phi) is 2.55. The van der Waals surface area contributed by atoms with Crippen LogP contribution < -0.4 is 11.2 Å². The van der Waals surface area contributed by atoms with Crippen molar-refractivity contribution in [1.82, 2.24) is 9.55 Å². The number of hydrogen-bond acceptors (Lipinski definition) is 3. The second kappa shape index (κ2) is 3.75. The molecule has 0 saturated heterocycles. The molecule has 2 N–H and O–H groups in total. The number of aliphatic hydroxyl groups excluding tert-OH is 1. The van der Waals surface area contributed by atoms with E-state index in [1.54, 1.807) is 0 Å². The highest BCUT2D eigenvalue weighted by atomic mass is 16.3. The highest BCUT2D eigenvalue weighted by molar-refractivity contribution is 5.14. The fourth-order valence-electron chi connectivity index (χ4n) is 2.20. The van der Waals surface area contributed by atoms with E-state index in [1.165, 1.54) is 16.8 Å². The van der Waals surface area contributed by atoms with Gasteiger partial charge in [-0.15, -0.1) is 0 Å². The van der Waals surface area contributed by atoms with Gasteiger partial charge in [-0.2, -0.15) is 0 Å². The summed E-state index contributed by atoms with van der Waals surface area (Å²) in [6, 6.07) is 1.17. The number of rotatable bonds is 1. The molecule has 0 aromatic carbocycles. The summed E-state index contributed by atoms with van der Waals surface area (Å²) in [6.45, 7) is 5.64. The topological polar surface area (TPSA) is 75.1 Å². The zero-order valence-corrected chi connectivity index (χ0v) is 9.01. The van der Waals surface area contributed by atoms with Crippen molar-refractivity contribution in [2.75, 3.05) is 0 Å². The van der Waals surface area contributed by atoms with E-state index in [1.807, 2.05) is 6.92 Å². The van der Waals surface area contributed by atoms with E-state index < -0.39 is 17.4 Å². The second-order valence-corrected chi connectivity index (χ2v) is 4.25. The van der Waals surface area contributed by atoms with E-state index in [0.29, 0.717) is 6.42 Å². The summed E-state index contributed by atoms with van der Waals surface area (Å²) in [7, 11) is 0. The SMILES string of the molecule is C=C1C[C@@H](n2ccc(=O)[nH]c2=O)[C@@H](C)[C@@H]1O. The van der Waals surface area contributed by atoms with Crippen molar-refractivity contribution < 1.29 is 5.11 Å². The maximum absolute atomic E-state index is 11.6. The van der Waals surface area contributed by atoms with Crippen molar-refractivity contribution in [3.8, 4) is 0 Å². The lowest BCUT2D eigenvalue weighted by atomic mass is 10.0. The van der Waals surface area contributed by atoms with Crippen LogP contribution in [0.15, 0.2) is 34.0 Å². The molecule has 1 aliphatic rings. The lowest BCUT2D eigenvalue weighted by molar-refractivity contribution is 0.152. The molecule has 0 unspecified atom stereocenters. The number of H-pyrrole nitrogens is 1. The smallest absolute Gasteiger partial charge is 0.328 e. The van der Waals surface area contributed by atoms with Gasteiger partial charge in [0.2, 0.25) is 0 Å². The fourth-order valence-corrected chi connectivity index (χ4v) is 2.20. The molecular formula is C11H14N2O3. The number of nitrogens with one attached hydrogen (secondary N) is 1. The summed E-state index contributed by atoms with van der Waals surface area (Å²) in [5.74, 6) is -0.0731. The Bertz CT molecular complexity index is 529. The van der Waals surface area contributed by atoms with Gasteiger partial charge in [0, 0.05) is 24.2 Å². The van der Waals surface area contributed by atoms with Crippen molar-refractivity contribution in [3.05, 3.63) is 45.3 Å². The second-order valence-electron chi connectivity index (χ2n) is 4.25. The van der Waals surface area contributed by atoms with Crippen molar-refractivity contribution >= 4 is 0 Å². The summed E-state index contributed by atoms with van der Waals surface area (Å²) < 4.78 is 1.45. The Hall–Kier alpha value is -1.62. The van der Waals surface area contributed by atoms with Crippen molar-refractivity contribution in [3.63, 3.8) is 0 Å². The van der Waals surface area contributed by atoms with Crippen LogP contribution in [-0.4, -0.2) is 20.8 Å². The molecule has 1 heterocycles. The third-order valence-electron chi connectivity index (χ3n) is 3.20. The lowest BCUT2D eigenvalue weighted by Crippen LogP contribution is -2.33. The third-order valence-corrected chi connectivity index (χ3v) is 3.20. The molecule has 2 rings (SSSR count). The molecular weight excluding hydrogens is 208 g/mol. The molecule has 5 heteroatoms. The zero-order valence-electron chi connectivity index (χ0n) is 9.01. The normalized spacial score (nSPS) is 29.6. The Morgan fingerprint density at radius 2 is 2.25 bits per heavy atom. The maximum atomic E-state index is 11.6. The minimum Gasteiger partial charge on any atom is -0.388 e. The van der Waals surface area contributed by atoms with Gasteiger partial charge < -0.3 is 5.11 Å². The Balaban J connectivity index is 2.43. The van der Waals surface area contributed by atoms with Crippen molar-refractivity contribution in [2.24, 2.45) is 5.92 Å². The van der Waals surface area contributed by atoms with Crippen LogP contribution >= 0.6 is 0 Å². The molecule has 1 fully saturated rings. The minimum atomic E-state index is -0.580. The third kappa shape index (κ3) is 1.63. The van der Waals surface area contributed by atoms with Gasteiger partial charge in [-0.05, 0) is 12.0 Å². The summed E-state index contributed by atoms with van der Waals surface area (Å²) in [5.41, 5.74) is -0.117. The predicted octanol–water partition coefficient (Wildman–Crippen LogP) is 0.0346. The van der Waals surface area contributed by atoms with Crippen molar-refractivity contribution in [1.29, 1.82) is 0 Å². The standard InChI is InChI=1S/C11H14N2O3/c1-6-5-8(7(2)10(6)15)13-4-3-9(14)12-11(13)16/h3-4,7-8,10,15H,1,5H2,2H3,(H,12,14,16)/t7-,8-,10-/m1/s1. The first-order chi connectivity index (χ1) is 7.50. The molecule has 1 aromatic rings. The summed E-state index contributed by atoms with van der Waals surface area (Å²) in [4.78, 5) is 24.7. The molecule has 1 saturated carbocycles. The van der Waals surface area contributed by atoms with Gasteiger partial charge in [-0.25, -0.2) is 4.79 Å². The monoisotopic (exact) mass is 222 g/mol. The molecule has 16 heavy (non-hydrogen) atoms. The number of hydrogen-bond donors (Lipinski definition) is 2. The molecule has 1 aromatic heterocycles. The van der Waals surface area contributed by atoms with Gasteiger partial charge in [0.15, 0.2) is 0 Å². The first-order valence-corrected chi connectivity index (χ1v) is 5.18. The molecule has 1 aliphatic carbocycles. The molecule has 86 valence electrons. The van der Waals surface area contributed by atoms with E-state index in [2.05, 4.69) is 11.6 Å². The molecule has 0 aliphatic heterocycles. The lowest BCUT2D eigenvalue weighted by Gasteiger charge is -2.18.